The zero-order chi connectivity index (χ0) is 13.8. The molecule has 3 heteroatoms. The molecule has 0 bridgehead atoms. The van der Waals surface area contributed by atoms with E-state index in [1.54, 1.807) is 13.3 Å². The minimum absolute atomic E-state index is 0.578. The van der Waals surface area contributed by atoms with E-state index in [-0.39, 0.29) is 0 Å². The largest absolute Gasteiger partial charge is 0.381 e. The molecule has 0 aliphatic rings. The molecule has 0 rings (SSSR count). The Morgan fingerprint density at radius 1 is 1.22 bits per heavy atom. The van der Waals surface area contributed by atoms with Crippen molar-refractivity contribution < 1.29 is 4.74 Å². The summed E-state index contributed by atoms with van der Waals surface area (Å²) in [5.41, 5.74) is 2.94. The van der Waals surface area contributed by atoms with Gasteiger partial charge in [-0.05, 0) is 39.8 Å². The Balaban J connectivity index is 4.88. The summed E-state index contributed by atoms with van der Waals surface area (Å²) in [4.78, 5) is 4.33. The average molecular weight is 248 g/mol. The Labute approximate surface area is 111 Å². The fourth-order valence-electron chi connectivity index (χ4n) is 1.30. The third-order valence-electron chi connectivity index (χ3n) is 2.19. The zero-order valence-electron chi connectivity index (χ0n) is 12.0. The van der Waals surface area contributed by atoms with E-state index in [2.05, 4.69) is 10.3 Å². The molecule has 0 amide bonds. The first-order valence-corrected chi connectivity index (χ1v) is 6.10. The van der Waals surface area contributed by atoms with Crippen LogP contribution in [0.3, 0.4) is 0 Å². The van der Waals surface area contributed by atoms with Crippen molar-refractivity contribution >= 4 is 5.71 Å². The van der Waals surface area contributed by atoms with Gasteiger partial charge in [-0.25, -0.2) is 0 Å². The van der Waals surface area contributed by atoms with Crippen LogP contribution >= 0.6 is 0 Å². The van der Waals surface area contributed by atoms with E-state index in [0.717, 1.165) is 17.1 Å². The van der Waals surface area contributed by atoms with Crippen LogP contribution in [0.2, 0.25) is 0 Å². The Morgan fingerprint density at radius 2 is 1.94 bits per heavy atom. The molecule has 0 aliphatic carbocycles. The molecule has 0 atom stereocenters. The summed E-state index contributed by atoms with van der Waals surface area (Å²) in [5, 5.41) is 3.34. The van der Waals surface area contributed by atoms with Gasteiger partial charge in [0.2, 0.25) is 0 Å². The van der Waals surface area contributed by atoms with Crippen LogP contribution in [0.4, 0.5) is 0 Å². The molecule has 18 heavy (non-hydrogen) atoms. The van der Waals surface area contributed by atoms with E-state index in [1.165, 1.54) is 0 Å². The van der Waals surface area contributed by atoms with E-state index >= 15 is 0 Å². The first-order valence-electron chi connectivity index (χ1n) is 6.10. The van der Waals surface area contributed by atoms with Gasteiger partial charge in [0.1, 0.15) is 0 Å². The number of methoxy groups -OCH3 is 1. The monoisotopic (exact) mass is 248 g/mol. The summed E-state index contributed by atoms with van der Waals surface area (Å²) in [5.74, 6) is 0. The SMILES string of the molecule is C\C=C/N=C(C)/C(=C\C)NC(/C=C\C)=C/COC. The average Bonchev–Trinajstić information content (AvgIpc) is 2.39. The van der Waals surface area contributed by atoms with Gasteiger partial charge in [-0.1, -0.05) is 18.2 Å². The Hall–Kier alpha value is -1.61. The second-order valence-electron chi connectivity index (χ2n) is 3.64. The molecule has 1 N–H and O–H groups in total. The maximum atomic E-state index is 5.05. The number of hydrogen-bond acceptors (Lipinski definition) is 3. The molecule has 0 aliphatic heterocycles. The van der Waals surface area contributed by atoms with Crippen LogP contribution < -0.4 is 5.32 Å². The van der Waals surface area contributed by atoms with Gasteiger partial charge in [0.25, 0.3) is 0 Å². The lowest BCUT2D eigenvalue weighted by Gasteiger charge is -2.11. The van der Waals surface area contributed by atoms with Gasteiger partial charge in [-0.3, -0.25) is 4.99 Å². The van der Waals surface area contributed by atoms with Crippen molar-refractivity contribution in [1.82, 2.24) is 5.32 Å². The lowest BCUT2D eigenvalue weighted by atomic mass is 10.2. The summed E-state index contributed by atoms with van der Waals surface area (Å²) in [6.07, 6.45) is 11.7. The van der Waals surface area contributed by atoms with Crippen molar-refractivity contribution in [3.8, 4) is 0 Å². The summed E-state index contributed by atoms with van der Waals surface area (Å²) >= 11 is 0. The highest BCUT2D eigenvalue weighted by atomic mass is 16.5. The Morgan fingerprint density at radius 3 is 2.44 bits per heavy atom. The van der Waals surface area contributed by atoms with Crippen molar-refractivity contribution in [1.29, 1.82) is 0 Å². The maximum Gasteiger partial charge on any atom is 0.0666 e. The van der Waals surface area contributed by atoms with Crippen LogP contribution in [-0.2, 0) is 4.74 Å². The normalized spacial score (nSPS) is 14.8. The molecule has 0 heterocycles. The molecule has 3 nitrogen and oxygen atoms in total. The molecule has 0 aromatic heterocycles. The topological polar surface area (TPSA) is 33.6 Å². The number of ether oxygens (including phenoxy) is 1. The lowest BCUT2D eigenvalue weighted by Crippen LogP contribution is -2.17. The van der Waals surface area contributed by atoms with Gasteiger partial charge < -0.3 is 10.1 Å². The molecule has 100 valence electrons. The van der Waals surface area contributed by atoms with Crippen molar-refractivity contribution in [2.45, 2.75) is 27.7 Å². The highest BCUT2D eigenvalue weighted by Crippen LogP contribution is 2.02. The van der Waals surface area contributed by atoms with Gasteiger partial charge >= 0.3 is 0 Å². The highest BCUT2D eigenvalue weighted by molar-refractivity contribution is 5.98. The van der Waals surface area contributed by atoms with Crippen LogP contribution in [0.1, 0.15) is 27.7 Å². The molecule has 0 saturated carbocycles. The first-order chi connectivity index (χ1) is 8.69. The predicted octanol–water partition coefficient (Wildman–Crippen LogP) is 3.58. The lowest BCUT2D eigenvalue weighted by molar-refractivity contribution is 0.233. The molecule has 0 fully saturated rings. The van der Waals surface area contributed by atoms with Gasteiger partial charge in [0.15, 0.2) is 0 Å². The number of aliphatic imine (C=N–C) groups is 1. The second kappa shape index (κ2) is 10.5. The molecule has 0 radical (unpaired) electrons. The molecule has 0 aromatic rings. The number of nitrogens with zero attached hydrogens (tertiary/aromatic N) is 1. The van der Waals surface area contributed by atoms with Crippen LogP contribution in [-0.4, -0.2) is 19.4 Å². The predicted molar refractivity (Wildman–Crippen MR) is 79.6 cm³/mol. The molecule has 0 aromatic carbocycles. The van der Waals surface area contributed by atoms with E-state index in [1.807, 2.05) is 58.1 Å². The second-order valence-corrected chi connectivity index (χ2v) is 3.64. The molecule has 0 spiro atoms. The van der Waals surface area contributed by atoms with Gasteiger partial charge in [-0.2, -0.15) is 0 Å². The minimum atomic E-state index is 0.578. The summed E-state index contributed by atoms with van der Waals surface area (Å²) < 4.78 is 5.05. The molecular formula is C15H24N2O. The smallest absolute Gasteiger partial charge is 0.0666 e. The first kappa shape index (κ1) is 16.4. The molecule has 0 saturated heterocycles. The zero-order valence-corrected chi connectivity index (χ0v) is 12.0. The van der Waals surface area contributed by atoms with Crippen LogP contribution in [0, 0.1) is 0 Å². The van der Waals surface area contributed by atoms with Crippen molar-refractivity contribution in [3.63, 3.8) is 0 Å². The summed E-state index contributed by atoms with van der Waals surface area (Å²) in [6.45, 7) is 8.48. The van der Waals surface area contributed by atoms with Gasteiger partial charge in [0, 0.05) is 19.0 Å². The van der Waals surface area contributed by atoms with E-state index in [4.69, 9.17) is 4.74 Å². The number of rotatable bonds is 7. The van der Waals surface area contributed by atoms with Gasteiger partial charge in [0.05, 0.1) is 18.0 Å². The molecule has 0 unspecified atom stereocenters. The van der Waals surface area contributed by atoms with Crippen molar-refractivity contribution in [2.75, 3.05) is 13.7 Å². The third-order valence-corrected chi connectivity index (χ3v) is 2.19. The number of hydrogen-bond donors (Lipinski definition) is 1. The van der Waals surface area contributed by atoms with E-state index in [0.29, 0.717) is 6.61 Å². The van der Waals surface area contributed by atoms with Crippen LogP contribution in [0.25, 0.3) is 0 Å². The minimum Gasteiger partial charge on any atom is -0.381 e. The highest BCUT2D eigenvalue weighted by Gasteiger charge is 2.00. The number of allylic oxidation sites excluding steroid dienone is 5. The summed E-state index contributed by atoms with van der Waals surface area (Å²) in [6, 6.07) is 0. The maximum absolute atomic E-state index is 5.05. The van der Waals surface area contributed by atoms with Crippen LogP contribution in [0.5, 0.6) is 0 Å². The third kappa shape index (κ3) is 6.86. The van der Waals surface area contributed by atoms with Gasteiger partial charge in [-0.15, -0.1) is 0 Å². The fourth-order valence-corrected chi connectivity index (χ4v) is 1.30. The fraction of sp³-hybridized carbons (Fsp3) is 0.400. The Bertz CT molecular complexity index is 374. The van der Waals surface area contributed by atoms with E-state index < -0.39 is 0 Å². The standard InChI is InChI=1S/C15H24N2O/c1-6-9-14(10-12-18-5)17-15(8-3)13(4)16-11-7-2/h6-11,17H,12H2,1-5H3/b9-6-,11-7-,14-10+,15-8+,16-13+. The van der Waals surface area contributed by atoms with Crippen molar-refractivity contribution in [3.05, 3.63) is 48.0 Å². The Kier molecular flexibility index (Phi) is 9.60. The molecular weight excluding hydrogens is 224 g/mol. The van der Waals surface area contributed by atoms with Crippen molar-refractivity contribution in [2.24, 2.45) is 4.99 Å². The quantitative estimate of drug-likeness (QED) is 0.552. The number of nitrogens with one attached hydrogen (secondary N) is 1. The summed E-state index contributed by atoms with van der Waals surface area (Å²) in [7, 11) is 1.68. The van der Waals surface area contributed by atoms with E-state index in [9.17, 15) is 0 Å². The van der Waals surface area contributed by atoms with Crippen LogP contribution in [0.15, 0.2) is 53.0 Å².